The van der Waals surface area contributed by atoms with Crippen LogP contribution in [0.25, 0.3) is 21.9 Å². The lowest BCUT2D eigenvalue weighted by molar-refractivity contribution is -0.143. The lowest BCUT2D eigenvalue weighted by Crippen LogP contribution is -2.10. The van der Waals surface area contributed by atoms with Crippen LogP contribution in [0.15, 0.2) is 30.5 Å². The van der Waals surface area contributed by atoms with Crippen molar-refractivity contribution in [3.05, 3.63) is 30.5 Å². The number of pyridine rings is 1. The minimum absolute atomic E-state index is 0.239. The molecule has 3 aromatic rings. The van der Waals surface area contributed by atoms with Crippen molar-refractivity contribution in [2.24, 2.45) is 0 Å². The monoisotopic (exact) mass is 284 g/mol. The molecule has 0 spiro atoms. The van der Waals surface area contributed by atoms with E-state index < -0.39 is 0 Å². The van der Waals surface area contributed by atoms with Crippen molar-refractivity contribution in [3.8, 4) is 0 Å². The molecule has 1 aromatic carbocycles. The molecule has 0 radical (unpaired) electrons. The van der Waals surface area contributed by atoms with Crippen molar-refractivity contribution in [2.75, 3.05) is 12.3 Å². The molecular formula is C15H16N4O2. The van der Waals surface area contributed by atoms with E-state index in [1.54, 1.807) is 13.1 Å². The van der Waals surface area contributed by atoms with Gasteiger partial charge in [0, 0.05) is 11.9 Å². The summed E-state index contributed by atoms with van der Waals surface area (Å²) in [7, 11) is 0. The van der Waals surface area contributed by atoms with Gasteiger partial charge >= 0.3 is 5.97 Å². The Morgan fingerprint density at radius 3 is 2.95 bits per heavy atom. The van der Waals surface area contributed by atoms with Gasteiger partial charge in [0.1, 0.15) is 5.52 Å². The zero-order chi connectivity index (χ0) is 14.8. The fourth-order valence-electron chi connectivity index (χ4n) is 2.44. The van der Waals surface area contributed by atoms with Crippen LogP contribution in [-0.2, 0) is 16.1 Å². The van der Waals surface area contributed by atoms with Crippen LogP contribution >= 0.6 is 0 Å². The van der Waals surface area contributed by atoms with E-state index in [9.17, 15) is 4.79 Å². The van der Waals surface area contributed by atoms with E-state index in [0.29, 0.717) is 19.1 Å². The Kier molecular flexibility index (Phi) is 3.43. The molecule has 6 nitrogen and oxygen atoms in total. The van der Waals surface area contributed by atoms with Crippen molar-refractivity contribution in [1.29, 1.82) is 0 Å². The molecule has 0 fully saturated rings. The van der Waals surface area contributed by atoms with Gasteiger partial charge in [0.2, 0.25) is 5.95 Å². The first-order valence-corrected chi connectivity index (χ1v) is 6.85. The number of anilines is 1. The molecule has 0 amide bonds. The van der Waals surface area contributed by atoms with E-state index in [4.69, 9.17) is 10.5 Å². The highest BCUT2D eigenvalue weighted by atomic mass is 16.5. The molecule has 2 heterocycles. The van der Waals surface area contributed by atoms with Crippen LogP contribution < -0.4 is 5.73 Å². The van der Waals surface area contributed by atoms with Crippen molar-refractivity contribution < 1.29 is 9.53 Å². The number of imidazole rings is 1. The largest absolute Gasteiger partial charge is 0.466 e. The second-order valence-electron chi connectivity index (χ2n) is 4.69. The van der Waals surface area contributed by atoms with Crippen LogP contribution in [0.5, 0.6) is 0 Å². The number of ether oxygens (including phenoxy) is 1. The molecule has 0 unspecified atom stereocenters. The molecule has 0 saturated carbocycles. The number of esters is 1. The minimum atomic E-state index is -0.239. The third-order valence-corrected chi connectivity index (χ3v) is 3.35. The lowest BCUT2D eigenvalue weighted by atomic mass is 10.2. The number of nitrogen functional groups attached to an aromatic ring is 1. The predicted octanol–water partition coefficient (Wildman–Crippen LogP) is 2.12. The molecule has 2 N–H and O–H groups in total. The second kappa shape index (κ2) is 5.40. The van der Waals surface area contributed by atoms with Gasteiger partial charge in [-0.2, -0.15) is 0 Å². The van der Waals surface area contributed by atoms with Crippen molar-refractivity contribution >= 4 is 33.9 Å². The Bertz CT molecular complexity index is 810. The number of carbonyl (C=O) groups excluding carboxylic acids is 1. The van der Waals surface area contributed by atoms with Gasteiger partial charge in [-0.1, -0.05) is 18.2 Å². The van der Waals surface area contributed by atoms with Crippen LogP contribution in [0, 0.1) is 0 Å². The number of hydrogen-bond donors (Lipinski definition) is 1. The number of nitrogens with zero attached hydrogens (tertiary/aromatic N) is 3. The molecule has 0 aliphatic carbocycles. The lowest BCUT2D eigenvalue weighted by Gasteiger charge is -2.07. The van der Waals surface area contributed by atoms with Gasteiger partial charge in [0.05, 0.1) is 30.3 Å². The molecule has 2 aromatic heterocycles. The smallest absolute Gasteiger partial charge is 0.307 e. The van der Waals surface area contributed by atoms with Crippen LogP contribution in [0.1, 0.15) is 13.3 Å². The van der Waals surface area contributed by atoms with E-state index in [0.717, 1.165) is 21.9 Å². The minimum Gasteiger partial charge on any atom is -0.466 e. The SMILES string of the molecule is CCOC(=O)CCn1c(N)nc2cnc3ccccc3c21. The maximum atomic E-state index is 11.5. The molecule has 0 atom stereocenters. The van der Waals surface area contributed by atoms with E-state index in [2.05, 4.69) is 9.97 Å². The summed E-state index contributed by atoms with van der Waals surface area (Å²) in [5.74, 6) is 0.143. The van der Waals surface area contributed by atoms with Crippen LogP contribution in [0.2, 0.25) is 0 Å². The normalized spacial score (nSPS) is 11.1. The Balaban J connectivity index is 2.06. The van der Waals surface area contributed by atoms with Gasteiger partial charge in [0.15, 0.2) is 0 Å². The first kappa shape index (κ1) is 13.4. The summed E-state index contributed by atoms with van der Waals surface area (Å²) >= 11 is 0. The van der Waals surface area contributed by atoms with Crippen molar-refractivity contribution in [2.45, 2.75) is 19.9 Å². The maximum absolute atomic E-state index is 11.5. The summed E-state index contributed by atoms with van der Waals surface area (Å²) in [6.45, 7) is 2.61. The Labute approximate surface area is 121 Å². The van der Waals surface area contributed by atoms with Gasteiger partial charge in [-0.05, 0) is 13.0 Å². The molecular weight excluding hydrogens is 268 g/mol. The fourth-order valence-corrected chi connectivity index (χ4v) is 2.44. The second-order valence-corrected chi connectivity index (χ2v) is 4.69. The zero-order valence-corrected chi connectivity index (χ0v) is 11.7. The van der Waals surface area contributed by atoms with Gasteiger partial charge in [0.25, 0.3) is 0 Å². The molecule has 0 saturated heterocycles. The van der Waals surface area contributed by atoms with E-state index in [1.807, 2.05) is 28.8 Å². The number of para-hydroxylation sites is 1. The average Bonchev–Trinajstić information content (AvgIpc) is 2.81. The van der Waals surface area contributed by atoms with E-state index in [1.165, 1.54) is 0 Å². The summed E-state index contributed by atoms with van der Waals surface area (Å²) in [6.07, 6.45) is 1.97. The average molecular weight is 284 g/mol. The molecule has 0 bridgehead atoms. The number of aromatic nitrogens is 3. The van der Waals surface area contributed by atoms with Crippen LogP contribution in [0.4, 0.5) is 5.95 Å². The molecule has 6 heteroatoms. The molecule has 21 heavy (non-hydrogen) atoms. The highest BCUT2D eigenvalue weighted by Crippen LogP contribution is 2.25. The Hall–Kier alpha value is -2.63. The summed E-state index contributed by atoms with van der Waals surface area (Å²) in [4.78, 5) is 20.2. The fraction of sp³-hybridized carbons (Fsp3) is 0.267. The topological polar surface area (TPSA) is 83.0 Å². The standard InChI is InChI=1S/C15H16N4O2/c1-2-21-13(20)7-8-19-14-10-5-3-4-6-11(10)17-9-12(14)18-15(19)16/h3-6,9H,2,7-8H2,1H3,(H2,16,18). The number of carbonyl (C=O) groups is 1. The van der Waals surface area contributed by atoms with Crippen LogP contribution in [-0.4, -0.2) is 27.1 Å². The molecule has 0 aliphatic rings. The first-order valence-electron chi connectivity index (χ1n) is 6.85. The van der Waals surface area contributed by atoms with Gasteiger partial charge < -0.3 is 15.0 Å². The quantitative estimate of drug-likeness (QED) is 0.742. The summed E-state index contributed by atoms with van der Waals surface area (Å²) in [5, 5.41) is 0.975. The van der Waals surface area contributed by atoms with Crippen molar-refractivity contribution in [3.63, 3.8) is 0 Å². The number of fused-ring (bicyclic) bond motifs is 3. The number of benzene rings is 1. The Morgan fingerprint density at radius 1 is 1.33 bits per heavy atom. The molecule has 3 rings (SSSR count). The van der Waals surface area contributed by atoms with Gasteiger partial charge in [-0.15, -0.1) is 0 Å². The number of rotatable bonds is 4. The van der Waals surface area contributed by atoms with Gasteiger partial charge in [-0.25, -0.2) is 4.98 Å². The number of nitrogens with two attached hydrogens (primary N) is 1. The maximum Gasteiger partial charge on any atom is 0.307 e. The highest BCUT2D eigenvalue weighted by Gasteiger charge is 2.13. The number of aryl methyl sites for hydroxylation is 1. The highest BCUT2D eigenvalue weighted by molar-refractivity contribution is 6.02. The summed E-state index contributed by atoms with van der Waals surface area (Å²) in [5.41, 5.74) is 8.49. The van der Waals surface area contributed by atoms with Gasteiger partial charge in [-0.3, -0.25) is 9.78 Å². The summed E-state index contributed by atoms with van der Waals surface area (Å²) < 4.78 is 6.80. The molecule has 108 valence electrons. The first-order chi connectivity index (χ1) is 10.2. The third kappa shape index (κ3) is 2.40. The van der Waals surface area contributed by atoms with E-state index >= 15 is 0 Å². The number of hydrogen-bond acceptors (Lipinski definition) is 5. The van der Waals surface area contributed by atoms with E-state index in [-0.39, 0.29) is 12.4 Å². The predicted molar refractivity (Wildman–Crippen MR) is 80.7 cm³/mol. The molecule has 0 aliphatic heterocycles. The summed E-state index contributed by atoms with van der Waals surface area (Å²) in [6, 6.07) is 7.80. The van der Waals surface area contributed by atoms with Crippen molar-refractivity contribution in [1.82, 2.24) is 14.5 Å². The van der Waals surface area contributed by atoms with Crippen LogP contribution in [0.3, 0.4) is 0 Å². The third-order valence-electron chi connectivity index (χ3n) is 3.35. The Morgan fingerprint density at radius 2 is 2.14 bits per heavy atom. The zero-order valence-electron chi connectivity index (χ0n) is 11.7.